The number of hydrogen-bond donors (Lipinski definition) is 1. The summed E-state index contributed by atoms with van der Waals surface area (Å²) >= 11 is 7.32. The van der Waals surface area contributed by atoms with Crippen molar-refractivity contribution >= 4 is 45.7 Å². The second-order valence-corrected chi connectivity index (χ2v) is 10.7. The molecule has 7 heteroatoms. The highest BCUT2D eigenvalue weighted by atomic mass is 32.2. The van der Waals surface area contributed by atoms with Gasteiger partial charge in [0, 0.05) is 11.5 Å². The van der Waals surface area contributed by atoms with E-state index >= 15 is 0 Å². The Kier molecular flexibility index (Phi) is 4.12. The van der Waals surface area contributed by atoms with Crippen molar-refractivity contribution in [2.45, 2.75) is 43.4 Å². The maximum atomic E-state index is 13.0. The summed E-state index contributed by atoms with van der Waals surface area (Å²) in [4.78, 5) is 15.6. The molecule has 0 amide bonds. The SMILES string of the molecule is Cc1onc(-c2ccc3ccccc3c2)c1[C@@]1(C(=O)O)N2C(=S)[C@@H](C)[C@H]2SC1(C)C. The summed E-state index contributed by atoms with van der Waals surface area (Å²) in [5.41, 5.74) is 0.651. The van der Waals surface area contributed by atoms with Gasteiger partial charge in [-0.2, -0.15) is 0 Å². The number of aliphatic carboxylic acids is 1. The molecule has 2 saturated heterocycles. The normalized spacial score (nSPS) is 27.2. The molecule has 3 aromatic rings. The first kappa shape index (κ1) is 19.6. The average molecular weight is 439 g/mol. The van der Waals surface area contributed by atoms with E-state index in [-0.39, 0.29) is 11.3 Å². The molecule has 5 rings (SSSR count). The van der Waals surface area contributed by atoms with Crippen LogP contribution in [-0.4, -0.2) is 36.2 Å². The minimum atomic E-state index is -1.35. The van der Waals surface area contributed by atoms with Crippen LogP contribution >= 0.6 is 24.0 Å². The Morgan fingerprint density at radius 3 is 2.63 bits per heavy atom. The summed E-state index contributed by atoms with van der Waals surface area (Å²) in [7, 11) is 0. The first-order valence-corrected chi connectivity index (χ1v) is 11.2. The largest absolute Gasteiger partial charge is 0.479 e. The number of aromatic nitrogens is 1. The minimum absolute atomic E-state index is 0.0300. The fourth-order valence-electron chi connectivity index (χ4n) is 5.02. The predicted molar refractivity (Wildman–Crippen MR) is 123 cm³/mol. The molecule has 3 heterocycles. The monoisotopic (exact) mass is 438 g/mol. The maximum absolute atomic E-state index is 13.0. The number of benzene rings is 2. The van der Waals surface area contributed by atoms with Gasteiger partial charge < -0.3 is 14.5 Å². The zero-order valence-corrected chi connectivity index (χ0v) is 18.8. The quantitative estimate of drug-likeness (QED) is 0.563. The van der Waals surface area contributed by atoms with Crippen molar-refractivity contribution in [2.24, 2.45) is 5.92 Å². The molecule has 2 aromatic carbocycles. The molecule has 1 N–H and O–H groups in total. The number of carbonyl (C=O) groups is 1. The Labute approximate surface area is 184 Å². The number of thiocarbonyl (C=S) groups is 1. The third-order valence-corrected chi connectivity index (χ3v) is 8.83. The van der Waals surface area contributed by atoms with Crippen molar-refractivity contribution in [3.8, 4) is 11.3 Å². The van der Waals surface area contributed by atoms with Gasteiger partial charge in [-0.15, -0.1) is 11.8 Å². The van der Waals surface area contributed by atoms with E-state index < -0.39 is 16.3 Å². The molecule has 0 saturated carbocycles. The van der Waals surface area contributed by atoms with E-state index in [2.05, 4.69) is 12.1 Å². The molecule has 2 fully saturated rings. The standard InChI is InChI=1S/C23H22N2O3S2/c1-12-19(29)25-20(12)30-22(3,4)23(25,21(26)27)17-13(2)28-24-18(17)16-10-9-14-7-5-6-8-15(14)11-16/h5-12,20H,1-4H3,(H,26,27)/t12-,20-,23+/m1/s1. The zero-order chi connectivity index (χ0) is 21.4. The van der Waals surface area contributed by atoms with Crippen LogP contribution in [0, 0.1) is 12.8 Å². The summed E-state index contributed by atoms with van der Waals surface area (Å²) < 4.78 is 4.98. The average Bonchev–Trinajstić information content (AvgIpc) is 3.20. The Morgan fingerprint density at radius 2 is 1.93 bits per heavy atom. The van der Waals surface area contributed by atoms with Crippen molar-refractivity contribution < 1.29 is 14.4 Å². The summed E-state index contributed by atoms with van der Waals surface area (Å²) in [6, 6.07) is 14.1. The summed E-state index contributed by atoms with van der Waals surface area (Å²) in [6.45, 7) is 7.82. The summed E-state index contributed by atoms with van der Waals surface area (Å²) in [5.74, 6) is -0.253. The lowest BCUT2D eigenvalue weighted by molar-refractivity contribution is -0.152. The van der Waals surface area contributed by atoms with Crippen LogP contribution < -0.4 is 0 Å². The van der Waals surface area contributed by atoms with E-state index in [0.717, 1.165) is 16.3 Å². The van der Waals surface area contributed by atoms with Gasteiger partial charge in [0.15, 0.2) is 5.54 Å². The van der Waals surface area contributed by atoms with Crippen LogP contribution in [0.1, 0.15) is 32.1 Å². The molecule has 30 heavy (non-hydrogen) atoms. The Hall–Kier alpha value is -2.38. The van der Waals surface area contributed by atoms with Gasteiger partial charge in [-0.25, -0.2) is 4.79 Å². The van der Waals surface area contributed by atoms with Gasteiger partial charge in [0.2, 0.25) is 0 Å². The number of thioether (sulfide) groups is 1. The third kappa shape index (κ3) is 2.28. The second kappa shape index (κ2) is 6.31. The lowest BCUT2D eigenvalue weighted by atomic mass is 9.73. The highest BCUT2D eigenvalue weighted by molar-refractivity contribution is 8.01. The third-order valence-electron chi connectivity index (χ3n) is 6.51. The van der Waals surface area contributed by atoms with Gasteiger partial charge in [0.1, 0.15) is 11.5 Å². The maximum Gasteiger partial charge on any atom is 0.336 e. The van der Waals surface area contributed by atoms with Crippen molar-refractivity contribution in [1.82, 2.24) is 10.1 Å². The van der Waals surface area contributed by atoms with Gasteiger partial charge >= 0.3 is 5.97 Å². The number of carboxylic acids is 1. The van der Waals surface area contributed by atoms with Crippen LogP contribution in [0.2, 0.25) is 0 Å². The molecule has 0 bridgehead atoms. The highest BCUT2D eigenvalue weighted by Crippen LogP contribution is 2.64. The Balaban J connectivity index is 1.78. The fourth-order valence-corrected chi connectivity index (χ4v) is 7.32. The number of rotatable bonds is 3. The Bertz CT molecular complexity index is 1220. The van der Waals surface area contributed by atoms with Crippen LogP contribution in [0.15, 0.2) is 47.0 Å². The lowest BCUT2D eigenvalue weighted by Crippen LogP contribution is -2.67. The van der Waals surface area contributed by atoms with E-state index in [1.165, 1.54) is 0 Å². The molecule has 0 unspecified atom stereocenters. The predicted octanol–water partition coefficient (Wildman–Crippen LogP) is 5.21. The van der Waals surface area contributed by atoms with Gasteiger partial charge in [0.25, 0.3) is 0 Å². The van der Waals surface area contributed by atoms with E-state index in [4.69, 9.17) is 16.7 Å². The lowest BCUT2D eigenvalue weighted by Gasteiger charge is -2.51. The van der Waals surface area contributed by atoms with E-state index in [0.29, 0.717) is 22.0 Å². The number of aryl methyl sites for hydroxylation is 1. The van der Waals surface area contributed by atoms with Gasteiger partial charge in [-0.05, 0) is 37.6 Å². The molecule has 3 atom stereocenters. The number of fused-ring (bicyclic) bond motifs is 2. The number of nitrogens with zero attached hydrogens (tertiary/aromatic N) is 2. The number of hydrogen-bond acceptors (Lipinski definition) is 5. The minimum Gasteiger partial charge on any atom is -0.479 e. The van der Waals surface area contributed by atoms with Crippen LogP contribution in [-0.2, 0) is 10.3 Å². The first-order chi connectivity index (χ1) is 14.2. The van der Waals surface area contributed by atoms with E-state index in [1.54, 1.807) is 18.7 Å². The van der Waals surface area contributed by atoms with Crippen LogP contribution in [0.4, 0.5) is 0 Å². The first-order valence-electron chi connectivity index (χ1n) is 9.90. The molecule has 154 valence electrons. The summed E-state index contributed by atoms with van der Waals surface area (Å²) in [6.07, 6.45) is 0. The topological polar surface area (TPSA) is 66.6 Å². The molecule has 0 radical (unpaired) electrons. The zero-order valence-electron chi connectivity index (χ0n) is 17.2. The molecule has 0 aliphatic carbocycles. The molecule has 0 spiro atoms. The molecule has 2 aliphatic rings. The molecule has 1 aromatic heterocycles. The molecule has 2 aliphatic heterocycles. The van der Waals surface area contributed by atoms with Crippen LogP contribution in [0.5, 0.6) is 0 Å². The van der Waals surface area contributed by atoms with E-state index in [1.807, 2.05) is 61.2 Å². The van der Waals surface area contributed by atoms with Crippen LogP contribution in [0.3, 0.4) is 0 Å². The molecule has 5 nitrogen and oxygen atoms in total. The molecular formula is C23H22N2O3S2. The van der Waals surface area contributed by atoms with Gasteiger partial charge in [-0.1, -0.05) is 60.7 Å². The van der Waals surface area contributed by atoms with Crippen LogP contribution in [0.25, 0.3) is 22.0 Å². The van der Waals surface area contributed by atoms with Gasteiger partial charge in [0.05, 0.1) is 20.7 Å². The molecular weight excluding hydrogens is 416 g/mol. The van der Waals surface area contributed by atoms with E-state index in [9.17, 15) is 9.90 Å². The van der Waals surface area contributed by atoms with Crippen molar-refractivity contribution in [2.75, 3.05) is 0 Å². The van der Waals surface area contributed by atoms with Crippen molar-refractivity contribution in [1.29, 1.82) is 0 Å². The van der Waals surface area contributed by atoms with Crippen molar-refractivity contribution in [3.05, 3.63) is 53.8 Å². The smallest absolute Gasteiger partial charge is 0.336 e. The second-order valence-electron chi connectivity index (χ2n) is 8.56. The van der Waals surface area contributed by atoms with Crippen molar-refractivity contribution in [3.63, 3.8) is 0 Å². The summed E-state index contributed by atoms with van der Waals surface area (Å²) in [5, 5.41) is 17.2. The number of carboxylic acid groups (broad SMARTS) is 1. The Morgan fingerprint density at radius 1 is 1.23 bits per heavy atom. The highest BCUT2D eigenvalue weighted by Gasteiger charge is 2.72. The fraction of sp³-hybridized carbons (Fsp3) is 0.348. The van der Waals surface area contributed by atoms with Gasteiger partial charge in [-0.3, -0.25) is 0 Å².